The standard InChI is InChI=1S/C24H19N3O2S/c1-16-6-8-18(9-7-16)23-14-21(25-20-4-2-3-5-22(20)30-23)17-10-12-19(13-11-17)27-15-24(28)29-26-27/h2-13,15,23H,14H2,1H3/p+1. The molecule has 0 saturated heterocycles. The first-order valence-corrected chi connectivity index (χ1v) is 10.6. The number of aromatic amines is 1. The van der Waals surface area contributed by atoms with Gasteiger partial charge < -0.3 is 0 Å². The lowest BCUT2D eigenvalue weighted by Crippen LogP contribution is -2.32. The van der Waals surface area contributed by atoms with Crippen LogP contribution in [0.2, 0.25) is 0 Å². The molecular formula is C24H20N3O2S+. The van der Waals surface area contributed by atoms with Crippen LogP contribution in [0.4, 0.5) is 5.69 Å². The molecule has 6 heteroatoms. The second kappa shape index (κ2) is 7.80. The molecule has 30 heavy (non-hydrogen) atoms. The lowest BCUT2D eigenvalue weighted by molar-refractivity contribution is -0.670. The molecule has 148 valence electrons. The Bertz CT molecular complexity index is 1270. The number of thioether (sulfide) groups is 1. The molecule has 5 nitrogen and oxygen atoms in total. The Labute approximate surface area is 178 Å². The monoisotopic (exact) mass is 414 g/mol. The second-order valence-electron chi connectivity index (χ2n) is 7.31. The molecule has 0 radical (unpaired) electrons. The smallest absolute Gasteiger partial charge is 0.283 e. The average molecular weight is 415 g/mol. The molecule has 0 spiro atoms. The van der Waals surface area contributed by atoms with E-state index in [2.05, 4.69) is 54.7 Å². The highest BCUT2D eigenvalue weighted by atomic mass is 32.2. The van der Waals surface area contributed by atoms with Crippen molar-refractivity contribution in [2.24, 2.45) is 4.99 Å². The van der Waals surface area contributed by atoms with Gasteiger partial charge in [0, 0.05) is 34.4 Å². The number of aromatic nitrogens is 2. The van der Waals surface area contributed by atoms with Crippen LogP contribution in [0.15, 0.2) is 98.2 Å². The van der Waals surface area contributed by atoms with Gasteiger partial charge >= 0.3 is 5.63 Å². The molecule has 1 atom stereocenters. The number of H-pyrrole nitrogens is 1. The summed E-state index contributed by atoms with van der Waals surface area (Å²) in [6.07, 6.45) is 2.20. The Morgan fingerprint density at radius 3 is 2.53 bits per heavy atom. The summed E-state index contributed by atoms with van der Waals surface area (Å²) in [4.78, 5) is 17.5. The third-order valence-electron chi connectivity index (χ3n) is 5.18. The molecule has 0 aliphatic carbocycles. The van der Waals surface area contributed by atoms with E-state index in [-0.39, 0.29) is 5.25 Å². The van der Waals surface area contributed by atoms with Gasteiger partial charge in [-0.3, -0.25) is 9.52 Å². The van der Waals surface area contributed by atoms with E-state index in [1.807, 2.05) is 42.1 Å². The van der Waals surface area contributed by atoms with Crippen LogP contribution in [-0.4, -0.2) is 11.0 Å². The van der Waals surface area contributed by atoms with Gasteiger partial charge in [-0.25, -0.2) is 4.79 Å². The first kappa shape index (κ1) is 18.6. The van der Waals surface area contributed by atoms with E-state index in [0.717, 1.165) is 29.1 Å². The molecule has 1 aliphatic heterocycles. The van der Waals surface area contributed by atoms with Gasteiger partial charge in [0.1, 0.15) is 0 Å². The van der Waals surface area contributed by atoms with E-state index in [0.29, 0.717) is 0 Å². The molecule has 1 N–H and O–H groups in total. The van der Waals surface area contributed by atoms with Crippen LogP contribution in [0.3, 0.4) is 0 Å². The van der Waals surface area contributed by atoms with Gasteiger partial charge in [0.2, 0.25) is 5.69 Å². The van der Waals surface area contributed by atoms with Crippen LogP contribution in [0, 0.1) is 6.92 Å². The highest BCUT2D eigenvalue weighted by molar-refractivity contribution is 7.99. The van der Waals surface area contributed by atoms with Crippen molar-refractivity contribution < 1.29 is 9.20 Å². The third-order valence-corrected chi connectivity index (χ3v) is 6.50. The summed E-state index contributed by atoms with van der Waals surface area (Å²) in [7, 11) is 0. The van der Waals surface area contributed by atoms with E-state index in [9.17, 15) is 4.79 Å². The second-order valence-corrected chi connectivity index (χ2v) is 8.55. The highest BCUT2D eigenvalue weighted by Crippen LogP contribution is 2.45. The first-order chi connectivity index (χ1) is 14.7. The Hall–Kier alpha value is -3.38. The van der Waals surface area contributed by atoms with Crippen LogP contribution < -0.4 is 10.3 Å². The summed E-state index contributed by atoms with van der Waals surface area (Å²) in [6.45, 7) is 2.11. The van der Waals surface area contributed by atoms with E-state index < -0.39 is 5.63 Å². The zero-order valence-electron chi connectivity index (χ0n) is 16.4. The fourth-order valence-electron chi connectivity index (χ4n) is 3.55. The number of fused-ring (bicyclic) bond motifs is 1. The van der Waals surface area contributed by atoms with Crippen molar-refractivity contribution in [1.82, 2.24) is 5.27 Å². The number of nitrogens with one attached hydrogen (secondary N) is 1. The molecule has 1 unspecified atom stereocenters. The highest BCUT2D eigenvalue weighted by Gasteiger charge is 2.23. The summed E-state index contributed by atoms with van der Waals surface area (Å²) in [5.41, 5.74) is 6.10. The van der Waals surface area contributed by atoms with Crippen molar-refractivity contribution in [2.45, 2.75) is 23.5 Å². The molecule has 0 saturated carbocycles. The summed E-state index contributed by atoms with van der Waals surface area (Å²) in [5, 5.41) is 2.86. The molecule has 0 fully saturated rings. The van der Waals surface area contributed by atoms with Gasteiger partial charge in [-0.15, -0.1) is 11.8 Å². The molecule has 0 bridgehead atoms. The number of hydrogen-bond acceptors (Lipinski definition) is 4. The molecule has 5 rings (SSSR count). The maximum absolute atomic E-state index is 11.3. The maximum Gasteiger partial charge on any atom is 0.427 e. The minimum absolute atomic E-state index is 0.285. The number of hydrogen-bond donors (Lipinski definition) is 1. The van der Waals surface area contributed by atoms with Crippen LogP contribution in [0.1, 0.15) is 28.4 Å². The molecule has 2 heterocycles. The van der Waals surface area contributed by atoms with Gasteiger partial charge in [0.15, 0.2) is 0 Å². The summed E-state index contributed by atoms with van der Waals surface area (Å²) >= 11 is 1.87. The molecule has 0 amide bonds. The lowest BCUT2D eigenvalue weighted by atomic mass is 10.0. The van der Waals surface area contributed by atoms with Crippen LogP contribution in [0.5, 0.6) is 0 Å². The van der Waals surface area contributed by atoms with E-state index in [1.165, 1.54) is 22.2 Å². The molecule has 4 aromatic rings. The SMILES string of the molecule is Cc1ccc(C2CC(c3ccc(-[n+]4cc(=O)o[nH]4)cc3)=Nc3ccccc3S2)cc1. The van der Waals surface area contributed by atoms with Gasteiger partial charge in [0.05, 0.1) is 5.69 Å². The quantitative estimate of drug-likeness (QED) is 0.485. The van der Waals surface area contributed by atoms with E-state index in [4.69, 9.17) is 9.52 Å². The summed E-state index contributed by atoms with van der Waals surface area (Å²) in [5.74, 6) is 0. The summed E-state index contributed by atoms with van der Waals surface area (Å²) < 4.78 is 6.31. The van der Waals surface area contributed by atoms with Crippen molar-refractivity contribution >= 4 is 23.2 Å². The number of benzene rings is 3. The van der Waals surface area contributed by atoms with Crippen molar-refractivity contribution in [3.63, 3.8) is 0 Å². The predicted molar refractivity (Wildman–Crippen MR) is 118 cm³/mol. The fraction of sp³-hybridized carbons (Fsp3) is 0.125. The van der Waals surface area contributed by atoms with Gasteiger partial charge in [-0.2, -0.15) is 0 Å². The van der Waals surface area contributed by atoms with Gasteiger partial charge in [0.25, 0.3) is 6.20 Å². The van der Waals surface area contributed by atoms with Gasteiger partial charge in [-0.1, -0.05) is 42.0 Å². The number of aryl methyl sites for hydroxylation is 1. The minimum Gasteiger partial charge on any atom is -0.283 e. The number of para-hydroxylation sites is 1. The Kier molecular flexibility index (Phi) is 4.85. The van der Waals surface area contributed by atoms with Crippen LogP contribution in [0.25, 0.3) is 5.69 Å². The molecule has 3 aromatic carbocycles. The normalized spacial score (nSPS) is 15.9. The number of nitrogens with zero attached hydrogens (tertiary/aromatic N) is 2. The minimum atomic E-state index is -0.415. The van der Waals surface area contributed by atoms with E-state index in [1.54, 1.807) is 4.68 Å². The predicted octanol–water partition coefficient (Wildman–Crippen LogP) is 4.91. The zero-order valence-corrected chi connectivity index (χ0v) is 17.2. The Morgan fingerprint density at radius 1 is 1.03 bits per heavy atom. The van der Waals surface area contributed by atoms with Crippen molar-refractivity contribution in [3.8, 4) is 5.69 Å². The molecule has 1 aliphatic rings. The van der Waals surface area contributed by atoms with Gasteiger partial charge in [-0.05, 0) is 52.3 Å². The number of rotatable bonds is 3. The molecule has 1 aromatic heterocycles. The lowest BCUT2D eigenvalue weighted by Gasteiger charge is -2.16. The Balaban J connectivity index is 1.53. The molecular weight excluding hydrogens is 394 g/mol. The fourth-order valence-corrected chi connectivity index (χ4v) is 4.79. The van der Waals surface area contributed by atoms with Crippen LogP contribution in [-0.2, 0) is 0 Å². The van der Waals surface area contributed by atoms with Crippen molar-refractivity contribution in [2.75, 3.05) is 0 Å². The first-order valence-electron chi connectivity index (χ1n) is 9.76. The van der Waals surface area contributed by atoms with Crippen LogP contribution >= 0.6 is 11.8 Å². The zero-order chi connectivity index (χ0) is 20.5. The largest absolute Gasteiger partial charge is 0.427 e. The Morgan fingerprint density at radius 2 is 1.80 bits per heavy atom. The topological polar surface area (TPSA) is 62.2 Å². The third kappa shape index (κ3) is 3.74. The number of aliphatic imine (C=N–C) groups is 1. The summed E-state index contributed by atoms with van der Waals surface area (Å²) in [6, 6.07) is 25.1. The van der Waals surface area contributed by atoms with Crippen molar-refractivity contribution in [1.29, 1.82) is 0 Å². The van der Waals surface area contributed by atoms with E-state index >= 15 is 0 Å². The van der Waals surface area contributed by atoms with Crippen molar-refractivity contribution in [3.05, 3.63) is 106 Å². The average Bonchev–Trinajstić information content (AvgIpc) is 3.11. The maximum atomic E-state index is 11.3.